The van der Waals surface area contributed by atoms with E-state index in [1.54, 1.807) is 15.6 Å². The lowest BCUT2D eigenvalue weighted by atomic mass is 10.2. The van der Waals surface area contributed by atoms with Crippen LogP contribution in [0.15, 0.2) is 48.8 Å². The van der Waals surface area contributed by atoms with E-state index < -0.39 is 23.2 Å². The van der Waals surface area contributed by atoms with E-state index >= 15 is 0 Å². The summed E-state index contributed by atoms with van der Waals surface area (Å²) in [4.78, 5) is 34.7. The molecule has 0 radical (unpaired) electrons. The van der Waals surface area contributed by atoms with Gasteiger partial charge in [0.15, 0.2) is 23.5 Å². The van der Waals surface area contributed by atoms with Crippen LogP contribution in [0, 0.1) is 17.5 Å². The first-order valence-corrected chi connectivity index (χ1v) is 27.1. The zero-order valence-corrected chi connectivity index (χ0v) is 46.5. The highest BCUT2D eigenvalue weighted by atomic mass is 35.5. The Hall–Kier alpha value is -4.30. The van der Waals surface area contributed by atoms with Crippen molar-refractivity contribution in [1.82, 2.24) is 34.7 Å². The molecule has 22 nitrogen and oxygen atoms in total. The Labute approximate surface area is 456 Å². The molecular formula is C49H74ClF3N8O14P2. The van der Waals surface area contributed by atoms with Crippen molar-refractivity contribution in [1.29, 1.82) is 0 Å². The van der Waals surface area contributed by atoms with Crippen molar-refractivity contribution in [2.24, 2.45) is 0 Å². The summed E-state index contributed by atoms with van der Waals surface area (Å²) in [6.45, 7) is 10.7. The number of carbonyl (C=O) groups excluding carboxylic acids is 1. The number of halogens is 4. The molecule has 4 atom stereocenters. The van der Waals surface area contributed by atoms with Crippen molar-refractivity contribution >= 4 is 53.2 Å². The Kier molecular flexibility index (Phi) is 37.1. The summed E-state index contributed by atoms with van der Waals surface area (Å²) in [6, 6.07) is 8.67. The third-order valence-corrected chi connectivity index (χ3v) is 11.3. The molecule has 1 saturated heterocycles. The molecule has 432 valence electrons. The predicted octanol–water partition coefficient (Wildman–Crippen LogP) is 6.63. The largest absolute Gasteiger partial charge is 0.491 e. The Bertz CT molecular complexity index is 2300. The first-order valence-electron chi connectivity index (χ1n) is 25.0. The number of anilines is 1. The maximum absolute atomic E-state index is 12.5. The van der Waals surface area contributed by atoms with Crippen LogP contribution in [0.5, 0.6) is 11.5 Å². The van der Waals surface area contributed by atoms with Crippen molar-refractivity contribution < 1.29 is 80.2 Å². The van der Waals surface area contributed by atoms with E-state index in [4.69, 9.17) is 64.2 Å². The molecule has 0 saturated carbocycles. The van der Waals surface area contributed by atoms with Crippen molar-refractivity contribution in [2.45, 2.75) is 83.9 Å². The molecule has 1 aliphatic rings. The molecule has 0 spiro atoms. The van der Waals surface area contributed by atoms with Gasteiger partial charge in [-0.05, 0) is 70.6 Å². The molecule has 0 aliphatic carbocycles. The van der Waals surface area contributed by atoms with Crippen LogP contribution in [0.4, 0.5) is 19.0 Å². The molecule has 6 rings (SSSR count). The number of aliphatic hydroxyl groups is 1. The quantitative estimate of drug-likeness (QED) is 0.0140. The molecule has 5 aromatic rings. The van der Waals surface area contributed by atoms with E-state index in [1.165, 1.54) is 28.7 Å². The molecule has 3 aromatic heterocycles. The van der Waals surface area contributed by atoms with Crippen molar-refractivity contribution in [2.75, 3.05) is 111 Å². The smallest absolute Gasteiger partial charge is 0.298 e. The van der Waals surface area contributed by atoms with Crippen LogP contribution in [-0.4, -0.2) is 168 Å². The van der Waals surface area contributed by atoms with Crippen LogP contribution < -0.4 is 14.8 Å². The maximum Gasteiger partial charge on any atom is 0.298 e. The number of fused-ring (bicyclic) bond motifs is 1. The fraction of sp³-hybridized carbons (Fsp3) is 0.592. The van der Waals surface area contributed by atoms with E-state index in [9.17, 15) is 22.9 Å². The predicted molar refractivity (Wildman–Crippen MR) is 285 cm³/mol. The number of nitrogens with zero attached hydrogens (tertiary/aromatic N) is 7. The number of hydrogen-bond donors (Lipinski definition) is 4. The molecule has 0 bridgehead atoms. The minimum Gasteiger partial charge on any atom is -0.491 e. The van der Waals surface area contributed by atoms with Gasteiger partial charge >= 0.3 is 0 Å². The second-order valence-corrected chi connectivity index (χ2v) is 17.3. The minimum atomic E-state index is -1.25. The van der Waals surface area contributed by atoms with Gasteiger partial charge in [0.1, 0.15) is 29.7 Å². The number of benzene rings is 2. The topological polar surface area (TPSA) is 256 Å². The summed E-state index contributed by atoms with van der Waals surface area (Å²) in [6.07, 6.45) is 11.6. The molecule has 77 heavy (non-hydrogen) atoms. The van der Waals surface area contributed by atoms with Crippen LogP contribution in [-0.2, 0) is 62.4 Å². The third kappa shape index (κ3) is 27.4. The number of hydrogen-bond acceptors (Lipinski definition) is 20. The fourth-order valence-electron chi connectivity index (χ4n) is 7.07. The number of aromatic nitrogens is 7. The van der Waals surface area contributed by atoms with Crippen molar-refractivity contribution in [3.63, 3.8) is 0 Å². The van der Waals surface area contributed by atoms with Crippen LogP contribution in [0.25, 0.3) is 11.0 Å². The first kappa shape index (κ1) is 67.0. The molecule has 0 amide bonds. The van der Waals surface area contributed by atoms with Gasteiger partial charge in [-0.1, -0.05) is 43.5 Å². The highest BCUT2D eigenvalue weighted by Gasteiger charge is 2.29. The number of nitrogens with one attached hydrogen (secondary N) is 1. The average molecular weight is 1150 g/mol. The van der Waals surface area contributed by atoms with Crippen LogP contribution in [0.1, 0.15) is 69.4 Å². The summed E-state index contributed by atoms with van der Waals surface area (Å²) < 4.78 is 96.1. The standard InChI is InChI=1S/C41H64ClN8O10P.C7H3F3O2.CH4O.H3OP/c1-2-3-4-5-13-52-15-17-54-18-16-53-14-12-49-31-34(47-48-49)32-58-24-23-56-20-19-55-21-22-57-25-26-59-36-8-6-7-33(28-36)29-43-39-37-30-44-50(40(37)46-41(42)45-39)38-10-9-35(60-38)11-27-61-51;8-4-1-5(9)7(12-3-11)6(10)2-4;2*1-2/h6-8,28,30-31,35,38,51,61H,2-5,9-27,29,32H2,1H3,(H,43,45,46);1-3H;2H,1H3;1H,2H2. The Morgan fingerprint density at radius 2 is 1.47 bits per heavy atom. The minimum absolute atomic E-state index is 0.0663. The summed E-state index contributed by atoms with van der Waals surface area (Å²) in [5.74, 6) is -3.13. The maximum atomic E-state index is 12.5. The number of aliphatic hydroxyl groups excluding tert-OH is 1. The van der Waals surface area contributed by atoms with Crippen LogP contribution in [0.2, 0.25) is 5.28 Å². The normalized spacial score (nSPS) is 13.9. The van der Waals surface area contributed by atoms with E-state index in [-0.39, 0.29) is 32.9 Å². The fourth-order valence-corrected chi connectivity index (χ4v) is 7.69. The number of carbonyl (C=O) groups is 1. The van der Waals surface area contributed by atoms with Crippen molar-refractivity contribution in [3.8, 4) is 11.5 Å². The molecular weight excluding hydrogens is 1080 g/mol. The Morgan fingerprint density at radius 1 is 0.831 bits per heavy atom. The van der Waals surface area contributed by atoms with Gasteiger partial charge in [0.25, 0.3) is 6.47 Å². The lowest BCUT2D eigenvalue weighted by molar-refractivity contribution is -0.121. The molecule has 4 heterocycles. The van der Waals surface area contributed by atoms with E-state index in [1.807, 2.05) is 30.5 Å². The molecule has 28 heteroatoms. The van der Waals surface area contributed by atoms with Gasteiger partial charge in [-0.3, -0.25) is 4.79 Å². The number of ether oxygens (including phenoxy) is 10. The zero-order chi connectivity index (χ0) is 55.7. The monoisotopic (exact) mass is 1150 g/mol. The van der Waals surface area contributed by atoms with Crippen molar-refractivity contribution in [3.05, 3.63) is 82.8 Å². The van der Waals surface area contributed by atoms with Gasteiger partial charge in [-0.2, -0.15) is 15.1 Å². The van der Waals surface area contributed by atoms with Gasteiger partial charge in [-0.15, -0.1) is 5.10 Å². The highest BCUT2D eigenvalue weighted by molar-refractivity contribution is 7.31. The van der Waals surface area contributed by atoms with E-state index in [0.29, 0.717) is 129 Å². The first-order chi connectivity index (χ1) is 37.8. The van der Waals surface area contributed by atoms with Gasteiger partial charge in [0, 0.05) is 41.2 Å². The van der Waals surface area contributed by atoms with E-state index in [0.717, 1.165) is 68.0 Å². The lowest BCUT2D eigenvalue weighted by Gasteiger charge is -2.14. The summed E-state index contributed by atoms with van der Waals surface area (Å²) >= 11 is 6.33. The number of unbranched alkanes of at least 4 members (excludes halogenated alkanes) is 3. The lowest BCUT2D eigenvalue weighted by Crippen LogP contribution is -2.14. The summed E-state index contributed by atoms with van der Waals surface area (Å²) in [5.41, 5.74) is 2.38. The molecule has 1 fully saturated rings. The van der Waals surface area contributed by atoms with Crippen LogP contribution in [0.3, 0.4) is 0 Å². The average Bonchev–Trinajstić information content (AvgIpc) is 4.22. The molecule has 4 unspecified atom stereocenters. The summed E-state index contributed by atoms with van der Waals surface area (Å²) in [5, 5.41) is 24.1. The second kappa shape index (κ2) is 42.6. The second-order valence-electron chi connectivity index (χ2n) is 16.2. The SMILES string of the molecule is CCCCCCOCCOCCOCCn1cc(COCCOCCOCCOCCOc2cccc(CNc3nc(Cl)nc4c3cnn4C3CCC(CCPO)O3)c2)nn1.CO.O=COc1c(F)cc(F)cc1F.OP. The van der Waals surface area contributed by atoms with E-state index in [2.05, 4.69) is 42.4 Å². The van der Waals surface area contributed by atoms with Gasteiger partial charge in [0.05, 0.1) is 116 Å². The van der Waals surface area contributed by atoms with Crippen LogP contribution >= 0.6 is 29.9 Å². The summed E-state index contributed by atoms with van der Waals surface area (Å²) in [7, 11) is 2.35. The number of rotatable bonds is 38. The third-order valence-electron chi connectivity index (χ3n) is 10.6. The highest BCUT2D eigenvalue weighted by Crippen LogP contribution is 2.34. The Balaban J connectivity index is 0.000000844. The van der Waals surface area contributed by atoms with Gasteiger partial charge < -0.3 is 67.6 Å². The molecule has 4 N–H and O–H groups in total. The molecule has 1 aliphatic heterocycles. The Morgan fingerprint density at radius 3 is 2.12 bits per heavy atom. The molecule has 2 aromatic carbocycles. The zero-order valence-electron chi connectivity index (χ0n) is 43.6. The van der Waals surface area contributed by atoms with Gasteiger partial charge in [0.2, 0.25) is 11.0 Å². The van der Waals surface area contributed by atoms with Gasteiger partial charge in [-0.25, -0.2) is 22.5 Å².